The van der Waals surface area contributed by atoms with Crippen LogP contribution in [0.25, 0.3) is 0 Å². The third-order valence-electron chi connectivity index (χ3n) is 3.60. The number of carboxylic acids is 1. The Hall–Kier alpha value is -1.75. The summed E-state index contributed by atoms with van der Waals surface area (Å²) in [5.74, 6) is -1.38. The van der Waals surface area contributed by atoms with Gasteiger partial charge in [-0.05, 0) is 31.5 Å². The van der Waals surface area contributed by atoms with Crippen molar-refractivity contribution in [3.8, 4) is 0 Å². The summed E-state index contributed by atoms with van der Waals surface area (Å²) >= 11 is 5.92. The van der Waals surface area contributed by atoms with Gasteiger partial charge in [-0.1, -0.05) is 11.6 Å². The van der Waals surface area contributed by atoms with E-state index in [2.05, 4.69) is 0 Å². The van der Waals surface area contributed by atoms with Gasteiger partial charge >= 0.3 is 5.97 Å². The molecule has 1 aromatic rings. The molecule has 1 heterocycles. The summed E-state index contributed by atoms with van der Waals surface area (Å²) in [6.07, 6.45) is 0.605. The average Bonchev–Trinajstić information content (AvgIpc) is 2.73. The van der Waals surface area contributed by atoms with E-state index in [1.807, 2.05) is 4.90 Å². The first kappa shape index (κ1) is 13.7. The van der Waals surface area contributed by atoms with Crippen molar-refractivity contribution < 1.29 is 14.7 Å². The number of nitrogens with zero attached hydrogens (tertiary/aromatic N) is 1. The van der Waals surface area contributed by atoms with Gasteiger partial charge in [0.15, 0.2) is 0 Å². The monoisotopic (exact) mass is 282 g/mol. The number of amides is 1. The van der Waals surface area contributed by atoms with Crippen LogP contribution in [0.1, 0.15) is 23.7 Å². The van der Waals surface area contributed by atoms with Gasteiger partial charge in [0.1, 0.15) is 0 Å². The molecule has 0 saturated carbocycles. The van der Waals surface area contributed by atoms with E-state index in [4.69, 9.17) is 17.3 Å². The minimum absolute atomic E-state index is 0.179. The zero-order valence-corrected chi connectivity index (χ0v) is 11.3. The summed E-state index contributed by atoms with van der Waals surface area (Å²) in [5, 5.41) is 9.66. The Bertz CT molecular complexity index is 547. The van der Waals surface area contributed by atoms with Gasteiger partial charge in [-0.15, -0.1) is 0 Å². The highest BCUT2D eigenvalue weighted by Gasteiger charge is 2.39. The van der Waals surface area contributed by atoms with Gasteiger partial charge in [0.2, 0.25) is 5.91 Å². The first-order valence-electron chi connectivity index (χ1n) is 5.91. The Morgan fingerprint density at radius 1 is 1.47 bits per heavy atom. The molecule has 6 heteroatoms. The third-order valence-corrected chi connectivity index (χ3v) is 3.83. The molecule has 19 heavy (non-hydrogen) atoms. The lowest BCUT2D eigenvalue weighted by Crippen LogP contribution is -2.37. The lowest BCUT2D eigenvalue weighted by atomic mass is 9.89. The highest BCUT2D eigenvalue weighted by atomic mass is 35.5. The van der Waals surface area contributed by atoms with Crippen molar-refractivity contribution in [2.24, 2.45) is 11.1 Å². The molecule has 2 rings (SSSR count). The molecule has 1 amide bonds. The zero-order valence-electron chi connectivity index (χ0n) is 10.5. The number of hydrogen-bond acceptors (Lipinski definition) is 3. The molecule has 1 aliphatic heterocycles. The number of primary amides is 1. The van der Waals surface area contributed by atoms with Crippen molar-refractivity contribution in [1.29, 1.82) is 0 Å². The van der Waals surface area contributed by atoms with E-state index in [0.29, 0.717) is 30.2 Å². The van der Waals surface area contributed by atoms with Crippen molar-refractivity contribution in [2.45, 2.75) is 13.3 Å². The van der Waals surface area contributed by atoms with Gasteiger partial charge in [-0.3, -0.25) is 4.79 Å². The molecule has 102 valence electrons. The fourth-order valence-electron chi connectivity index (χ4n) is 2.32. The van der Waals surface area contributed by atoms with Crippen LogP contribution in [0.5, 0.6) is 0 Å². The third kappa shape index (κ3) is 2.51. The van der Waals surface area contributed by atoms with Gasteiger partial charge in [0, 0.05) is 18.1 Å². The maximum Gasteiger partial charge on any atom is 0.337 e. The molecule has 0 spiro atoms. The number of rotatable bonds is 3. The number of carbonyl (C=O) groups excluding carboxylic acids is 1. The summed E-state index contributed by atoms with van der Waals surface area (Å²) < 4.78 is 0. The molecule has 1 aliphatic rings. The van der Waals surface area contributed by atoms with E-state index in [1.165, 1.54) is 12.1 Å². The number of nitrogens with two attached hydrogens (primary N) is 1. The molecular formula is C13H15ClN2O3. The Kier molecular flexibility index (Phi) is 3.41. The van der Waals surface area contributed by atoms with Crippen LogP contribution in [-0.4, -0.2) is 30.1 Å². The number of anilines is 1. The molecule has 1 atom stereocenters. The lowest BCUT2D eigenvalue weighted by Gasteiger charge is -2.24. The quantitative estimate of drug-likeness (QED) is 0.884. The number of carbonyl (C=O) groups is 2. The fourth-order valence-corrected chi connectivity index (χ4v) is 2.48. The molecule has 1 unspecified atom stereocenters. The Labute approximate surface area is 116 Å². The Morgan fingerprint density at radius 3 is 2.68 bits per heavy atom. The van der Waals surface area contributed by atoms with Crippen LogP contribution in [0.15, 0.2) is 18.2 Å². The summed E-state index contributed by atoms with van der Waals surface area (Å²) in [6, 6.07) is 4.62. The summed E-state index contributed by atoms with van der Waals surface area (Å²) in [5.41, 5.74) is 5.48. The van der Waals surface area contributed by atoms with Gasteiger partial charge in [-0.25, -0.2) is 4.79 Å². The van der Waals surface area contributed by atoms with Crippen LogP contribution in [0.4, 0.5) is 5.69 Å². The maximum atomic E-state index is 11.4. The molecule has 1 fully saturated rings. The van der Waals surface area contributed by atoms with Crippen LogP contribution in [-0.2, 0) is 4.79 Å². The maximum absolute atomic E-state index is 11.4. The van der Waals surface area contributed by atoms with Gasteiger partial charge < -0.3 is 15.7 Å². The van der Waals surface area contributed by atoms with E-state index >= 15 is 0 Å². The van der Waals surface area contributed by atoms with Crippen molar-refractivity contribution in [3.63, 3.8) is 0 Å². The molecule has 0 aromatic heterocycles. The smallest absolute Gasteiger partial charge is 0.337 e. The van der Waals surface area contributed by atoms with E-state index in [-0.39, 0.29) is 11.5 Å². The Balaban J connectivity index is 2.36. The number of aromatic carboxylic acids is 1. The largest absolute Gasteiger partial charge is 0.478 e. The van der Waals surface area contributed by atoms with Gasteiger partial charge in [-0.2, -0.15) is 0 Å². The number of hydrogen-bond donors (Lipinski definition) is 2. The SMILES string of the molecule is CC1(C(N)=O)CCN(c2cc(Cl)ccc2C(=O)O)C1. The van der Waals surface area contributed by atoms with Crippen LogP contribution >= 0.6 is 11.6 Å². The first-order chi connectivity index (χ1) is 8.83. The molecule has 0 aliphatic carbocycles. The Morgan fingerprint density at radius 2 is 2.16 bits per heavy atom. The summed E-state index contributed by atoms with van der Waals surface area (Å²) in [6.45, 7) is 2.78. The van der Waals surface area contributed by atoms with Crippen LogP contribution in [0.2, 0.25) is 5.02 Å². The van der Waals surface area contributed by atoms with Crippen LogP contribution in [0.3, 0.4) is 0 Å². The second-order valence-corrected chi connectivity index (χ2v) is 5.50. The van der Waals surface area contributed by atoms with E-state index in [0.717, 1.165) is 0 Å². The first-order valence-corrected chi connectivity index (χ1v) is 6.29. The van der Waals surface area contributed by atoms with Gasteiger partial charge in [0.25, 0.3) is 0 Å². The topological polar surface area (TPSA) is 83.6 Å². The van der Waals surface area contributed by atoms with Crippen LogP contribution < -0.4 is 10.6 Å². The standard InChI is InChI=1S/C13H15ClN2O3/c1-13(12(15)19)4-5-16(7-13)10-6-8(14)2-3-9(10)11(17)18/h2-3,6H,4-5,7H2,1H3,(H2,15,19)(H,17,18). The molecular weight excluding hydrogens is 268 g/mol. The minimum atomic E-state index is -1.01. The van der Waals surface area contributed by atoms with Crippen molar-refractivity contribution in [1.82, 2.24) is 0 Å². The van der Waals surface area contributed by atoms with Gasteiger partial charge in [0.05, 0.1) is 16.7 Å². The second kappa shape index (κ2) is 4.74. The number of carboxylic acid groups (broad SMARTS) is 1. The summed E-state index contributed by atoms with van der Waals surface area (Å²) in [7, 11) is 0. The van der Waals surface area contributed by atoms with Crippen LogP contribution in [0, 0.1) is 5.41 Å². The number of halogens is 1. The molecule has 3 N–H and O–H groups in total. The van der Waals surface area contributed by atoms with Crippen molar-refractivity contribution in [3.05, 3.63) is 28.8 Å². The molecule has 1 aromatic carbocycles. The van der Waals surface area contributed by atoms with E-state index < -0.39 is 11.4 Å². The molecule has 5 nitrogen and oxygen atoms in total. The number of benzene rings is 1. The lowest BCUT2D eigenvalue weighted by molar-refractivity contribution is -0.125. The highest BCUT2D eigenvalue weighted by Crippen LogP contribution is 2.35. The predicted octanol–water partition coefficient (Wildman–Crippen LogP) is 1.74. The van der Waals surface area contributed by atoms with E-state index in [9.17, 15) is 14.7 Å². The predicted molar refractivity (Wildman–Crippen MR) is 72.5 cm³/mol. The molecule has 1 saturated heterocycles. The van der Waals surface area contributed by atoms with Crippen molar-refractivity contribution >= 4 is 29.2 Å². The normalized spacial score (nSPS) is 22.5. The molecule has 0 bridgehead atoms. The average molecular weight is 283 g/mol. The molecule has 0 radical (unpaired) electrons. The highest BCUT2D eigenvalue weighted by molar-refractivity contribution is 6.31. The van der Waals surface area contributed by atoms with Crippen molar-refractivity contribution in [2.75, 3.05) is 18.0 Å². The minimum Gasteiger partial charge on any atom is -0.478 e. The second-order valence-electron chi connectivity index (χ2n) is 5.06. The summed E-state index contributed by atoms with van der Waals surface area (Å²) in [4.78, 5) is 24.5. The zero-order chi connectivity index (χ0) is 14.2. The van der Waals surface area contributed by atoms with E-state index in [1.54, 1.807) is 13.0 Å². The fraction of sp³-hybridized carbons (Fsp3) is 0.385.